The Morgan fingerprint density at radius 1 is 1.32 bits per heavy atom. The number of amides is 3. The number of esters is 1. The molecule has 1 saturated heterocycles. The van der Waals surface area contributed by atoms with Gasteiger partial charge in [-0.2, -0.15) is 0 Å². The van der Waals surface area contributed by atoms with E-state index in [1.54, 1.807) is 24.3 Å². The summed E-state index contributed by atoms with van der Waals surface area (Å²) in [6.07, 6.45) is -0.588. The van der Waals surface area contributed by atoms with Gasteiger partial charge in [0, 0.05) is 13.0 Å². The zero-order chi connectivity index (χ0) is 18.4. The van der Waals surface area contributed by atoms with Crippen molar-refractivity contribution in [1.82, 2.24) is 10.2 Å². The number of ether oxygens (including phenoxy) is 2. The second-order valence-electron chi connectivity index (χ2n) is 5.42. The molecule has 1 atom stereocenters. The van der Waals surface area contributed by atoms with Crippen molar-refractivity contribution in [2.24, 2.45) is 5.73 Å². The van der Waals surface area contributed by atoms with E-state index in [4.69, 9.17) is 10.5 Å². The molecule has 3 amide bonds. The largest absolute Gasteiger partial charge is 0.465 e. The Bertz CT molecular complexity index is 673. The summed E-state index contributed by atoms with van der Waals surface area (Å²) in [5.41, 5.74) is 6.12. The quantitative estimate of drug-likeness (QED) is 0.655. The summed E-state index contributed by atoms with van der Waals surface area (Å²) in [5, 5.41) is 2.55. The summed E-state index contributed by atoms with van der Waals surface area (Å²) in [7, 11) is 1.29. The number of primary amides is 1. The van der Waals surface area contributed by atoms with Crippen LogP contribution in [0.25, 0.3) is 0 Å². The van der Waals surface area contributed by atoms with Gasteiger partial charge in [0.05, 0.1) is 19.2 Å². The van der Waals surface area contributed by atoms with Gasteiger partial charge >= 0.3 is 12.1 Å². The summed E-state index contributed by atoms with van der Waals surface area (Å²) in [5.74, 6) is -1.40. The number of methoxy groups -OCH3 is 1. The molecular weight excluding hydrogens is 330 g/mol. The molecule has 1 aliphatic heterocycles. The van der Waals surface area contributed by atoms with Gasteiger partial charge < -0.3 is 20.5 Å². The first-order chi connectivity index (χ1) is 11.9. The van der Waals surface area contributed by atoms with Gasteiger partial charge in [-0.3, -0.25) is 14.5 Å². The number of nitrogens with zero attached hydrogens (tertiary/aromatic N) is 1. The van der Waals surface area contributed by atoms with Gasteiger partial charge in [-0.15, -0.1) is 0 Å². The minimum absolute atomic E-state index is 0.0161. The number of cyclic esters (lactones) is 1. The molecule has 1 heterocycles. The maximum atomic E-state index is 12.2. The fourth-order valence-corrected chi connectivity index (χ4v) is 2.33. The van der Waals surface area contributed by atoms with Crippen LogP contribution in [0, 0.1) is 0 Å². The molecule has 1 aromatic carbocycles. The molecule has 0 aliphatic carbocycles. The Hall–Kier alpha value is -3.10. The van der Waals surface area contributed by atoms with Crippen LogP contribution in [-0.2, 0) is 25.6 Å². The van der Waals surface area contributed by atoms with Crippen molar-refractivity contribution in [1.29, 1.82) is 0 Å². The van der Waals surface area contributed by atoms with E-state index in [2.05, 4.69) is 10.1 Å². The zero-order valence-electron chi connectivity index (χ0n) is 13.7. The predicted molar refractivity (Wildman–Crippen MR) is 85.3 cm³/mol. The van der Waals surface area contributed by atoms with Crippen molar-refractivity contribution >= 4 is 23.9 Å². The molecule has 134 valence electrons. The van der Waals surface area contributed by atoms with Gasteiger partial charge in [0.2, 0.25) is 11.8 Å². The monoisotopic (exact) mass is 349 g/mol. The average molecular weight is 349 g/mol. The van der Waals surface area contributed by atoms with Crippen LogP contribution < -0.4 is 11.1 Å². The minimum atomic E-state index is -0.791. The van der Waals surface area contributed by atoms with Gasteiger partial charge in [0.15, 0.2) is 0 Å². The third-order valence-corrected chi connectivity index (χ3v) is 3.68. The van der Waals surface area contributed by atoms with E-state index in [1.807, 2.05) is 0 Å². The topological polar surface area (TPSA) is 128 Å². The van der Waals surface area contributed by atoms with Gasteiger partial charge in [0.25, 0.3) is 0 Å². The molecule has 0 bridgehead atoms. The molecule has 9 heteroatoms. The fraction of sp³-hybridized carbons (Fsp3) is 0.375. The molecule has 0 saturated carbocycles. The highest BCUT2D eigenvalue weighted by molar-refractivity contribution is 5.89. The summed E-state index contributed by atoms with van der Waals surface area (Å²) >= 11 is 0. The third-order valence-electron chi connectivity index (χ3n) is 3.68. The smallest absolute Gasteiger partial charge is 0.410 e. The Morgan fingerprint density at radius 2 is 2.00 bits per heavy atom. The number of nitrogens with one attached hydrogen (secondary N) is 1. The molecule has 0 unspecified atom stereocenters. The second-order valence-corrected chi connectivity index (χ2v) is 5.42. The summed E-state index contributed by atoms with van der Waals surface area (Å²) in [4.78, 5) is 47.4. The Morgan fingerprint density at radius 3 is 2.60 bits per heavy atom. The highest BCUT2D eigenvalue weighted by Gasteiger charge is 2.37. The Kier molecular flexibility index (Phi) is 5.93. The standard InChI is InChI=1S/C16H19N3O6/c1-24-15(22)11-4-2-10(3-5-11)8-19-12(9-25-16(19)23)14(21)18-7-6-13(17)20/h2-5,12H,6-9H2,1H3,(H2,17,20)(H,18,21)/t12-/m0/s1. The summed E-state index contributed by atoms with van der Waals surface area (Å²) < 4.78 is 9.56. The maximum absolute atomic E-state index is 12.2. The van der Waals surface area contributed by atoms with Crippen LogP contribution in [0.3, 0.4) is 0 Å². The number of benzene rings is 1. The molecule has 0 aromatic heterocycles. The number of carbonyl (C=O) groups excluding carboxylic acids is 4. The van der Waals surface area contributed by atoms with Crippen LogP contribution in [0.2, 0.25) is 0 Å². The average Bonchev–Trinajstić information content (AvgIpc) is 2.95. The lowest BCUT2D eigenvalue weighted by atomic mass is 10.1. The first kappa shape index (κ1) is 18.2. The van der Waals surface area contributed by atoms with Crippen molar-refractivity contribution in [3.63, 3.8) is 0 Å². The number of nitrogens with two attached hydrogens (primary N) is 1. The molecule has 3 N–H and O–H groups in total. The highest BCUT2D eigenvalue weighted by atomic mass is 16.6. The van der Waals surface area contributed by atoms with E-state index >= 15 is 0 Å². The molecule has 1 aliphatic rings. The first-order valence-corrected chi connectivity index (χ1v) is 7.59. The van der Waals surface area contributed by atoms with Gasteiger partial charge in [0.1, 0.15) is 12.6 Å². The van der Waals surface area contributed by atoms with Crippen molar-refractivity contribution < 1.29 is 28.7 Å². The van der Waals surface area contributed by atoms with E-state index in [-0.39, 0.29) is 26.1 Å². The molecular formula is C16H19N3O6. The van der Waals surface area contributed by atoms with Crippen LogP contribution in [0.5, 0.6) is 0 Å². The zero-order valence-corrected chi connectivity index (χ0v) is 13.7. The van der Waals surface area contributed by atoms with Crippen LogP contribution in [0.4, 0.5) is 4.79 Å². The number of carbonyl (C=O) groups is 4. The van der Waals surface area contributed by atoms with Gasteiger partial charge in [-0.05, 0) is 17.7 Å². The van der Waals surface area contributed by atoms with Crippen LogP contribution in [0.1, 0.15) is 22.3 Å². The lowest BCUT2D eigenvalue weighted by Gasteiger charge is -2.20. The van der Waals surface area contributed by atoms with Crippen molar-refractivity contribution in [3.05, 3.63) is 35.4 Å². The lowest BCUT2D eigenvalue weighted by molar-refractivity contribution is -0.125. The minimum Gasteiger partial charge on any atom is -0.465 e. The second kappa shape index (κ2) is 8.13. The van der Waals surface area contributed by atoms with Crippen LogP contribution in [-0.4, -0.2) is 55.1 Å². The molecule has 2 rings (SSSR count). The molecule has 0 spiro atoms. The Balaban J connectivity index is 2.00. The van der Waals surface area contributed by atoms with Gasteiger partial charge in [-0.25, -0.2) is 9.59 Å². The SMILES string of the molecule is COC(=O)c1ccc(CN2C(=O)OC[C@H]2C(=O)NCCC(N)=O)cc1. The number of hydrogen-bond donors (Lipinski definition) is 2. The fourth-order valence-electron chi connectivity index (χ4n) is 2.33. The summed E-state index contributed by atoms with van der Waals surface area (Å²) in [6.45, 7) is 0.177. The van der Waals surface area contributed by atoms with Gasteiger partial charge in [-0.1, -0.05) is 12.1 Å². The van der Waals surface area contributed by atoms with E-state index in [9.17, 15) is 19.2 Å². The molecule has 1 aromatic rings. The van der Waals surface area contributed by atoms with Crippen LogP contribution in [0.15, 0.2) is 24.3 Å². The molecule has 9 nitrogen and oxygen atoms in total. The van der Waals surface area contributed by atoms with E-state index < -0.39 is 29.9 Å². The van der Waals surface area contributed by atoms with Crippen molar-refractivity contribution in [2.45, 2.75) is 19.0 Å². The normalized spacial score (nSPS) is 16.3. The molecule has 1 fully saturated rings. The van der Waals surface area contributed by atoms with Crippen molar-refractivity contribution in [2.75, 3.05) is 20.3 Å². The molecule has 25 heavy (non-hydrogen) atoms. The number of hydrogen-bond acceptors (Lipinski definition) is 6. The Labute approximate surface area is 144 Å². The predicted octanol–water partition coefficient (Wildman–Crippen LogP) is -0.214. The first-order valence-electron chi connectivity index (χ1n) is 7.59. The van der Waals surface area contributed by atoms with E-state index in [0.29, 0.717) is 5.56 Å². The number of rotatable bonds is 7. The van der Waals surface area contributed by atoms with Crippen LogP contribution >= 0.6 is 0 Å². The summed E-state index contributed by atoms with van der Waals surface area (Å²) in [6, 6.07) is 5.69. The van der Waals surface area contributed by atoms with E-state index in [0.717, 1.165) is 5.56 Å². The third kappa shape index (κ3) is 4.69. The lowest BCUT2D eigenvalue weighted by Crippen LogP contribution is -2.46. The molecule has 0 radical (unpaired) electrons. The van der Waals surface area contributed by atoms with Crippen molar-refractivity contribution in [3.8, 4) is 0 Å². The maximum Gasteiger partial charge on any atom is 0.410 e. The van der Waals surface area contributed by atoms with E-state index in [1.165, 1.54) is 12.0 Å². The highest BCUT2D eigenvalue weighted by Crippen LogP contribution is 2.17.